The van der Waals surface area contributed by atoms with Gasteiger partial charge in [-0.05, 0) is 42.5 Å². The van der Waals surface area contributed by atoms with Gasteiger partial charge in [-0.15, -0.1) is 0 Å². The number of benzene rings is 1. The van der Waals surface area contributed by atoms with Crippen molar-refractivity contribution in [3.8, 4) is 11.3 Å². The number of aromatic nitrogens is 4. The molecule has 0 aliphatic rings. The van der Waals surface area contributed by atoms with Gasteiger partial charge in [0.05, 0.1) is 23.7 Å². The van der Waals surface area contributed by atoms with Crippen LogP contribution in [-0.2, 0) is 6.18 Å². The minimum Gasteiger partial charge on any atom is -0.339 e. The largest absolute Gasteiger partial charge is 0.418 e. The van der Waals surface area contributed by atoms with Crippen LogP contribution in [-0.4, -0.2) is 19.6 Å². The number of rotatable bonds is 3. The smallest absolute Gasteiger partial charge is 0.339 e. The van der Waals surface area contributed by atoms with Crippen LogP contribution >= 0.6 is 11.6 Å². The first-order valence-corrected chi connectivity index (χ1v) is 8.18. The standard InChI is InChI=1S/C18H11ClF3N5/c19-12-3-5-13(6-4-12)26-16-10-24-15-8-11(9-25-27(15)16)17-14(18(20,21)22)2-1-7-23-17/h1-10,26H. The summed E-state index contributed by atoms with van der Waals surface area (Å²) in [6, 6.07) is 10.8. The molecule has 0 radical (unpaired) electrons. The van der Waals surface area contributed by atoms with E-state index in [1.807, 2.05) is 0 Å². The zero-order chi connectivity index (χ0) is 19.0. The highest BCUT2D eigenvalue weighted by atomic mass is 35.5. The number of fused-ring (bicyclic) bond motifs is 1. The molecule has 1 aromatic carbocycles. The first-order chi connectivity index (χ1) is 12.9. The van der Waals surface area contributed by atoms with Crippen molar-refractivity contribution in [1.82, 2.24) is 19.6 Å². The van der Waals surface area contributed by atoms with Gasteiger partial charge in [0.1, 0.15) is 0 Å². The molecule has 5 nitrogen and oxygen atoms in total. The summed E-state index contributed by atoms with van der Waals surface area (Å²) in [4.78, 5) is 8.09. The molecule has 4 rings (SSSR count). The molecule has 27 heavy (non-hydrogen) atoms. The lowest BCUT2D eigenvalue weighted by Gasteiger charge is -2.11. The van der Waals surface area contributed by atoms with Gasteiger partial charge in [-0.25, -0.2) is 4.98 Å². The van der Waals surface area contributed by atoms with Crippen molar-refractivity contribution in [3.05, 3.63) is 71.6 Å². The van der Waals surface area contributed by atoms with Gasteiger partial charge in [-0.3, -0.25) is 4.98 Å². The van der Waals surface area contributed by atoms with Gasteiger partial charge in [0, 0.05) is 22.5 Å². The molecule has 0 atom stereocenters. The summed E-state index contributed by atoms with van der Waals surface area (Å²) in [6.45, 7) is 0. The maximum absolute atomic E-state index is 13.2. The lowest BCUT2D eigenvalue weighted by molar-refractivity contribution is -0.137. The Morgan fingerprint density at radius 1 is 1.00 bits per heavy atom. The number of nitrogens with zero attached hydrogens (tertiary/aromatic N) is 4. The van der Waals surface area contributed by atoms with Crippen LogP contribution in [0, 0.1) is 0 Å². The van der Waals surface area contributed by atoms with Crippen molar-refractivity contribution < 1.29 is 13.2 Å². The van der Waals surface area contributed by atoms with Gasteiger partial charge in [-0.1, -0.05) is 11.6 Å². The van der Waals surface area contributed by atoms with E-state index in [1.54, 1.807) is 30.5 Å². The summed E-state index contributed by atoms with van der Waals surface area (Å²) in [6.07, 6.45) is -0.316. The molecule has 0 saturated carbocycles. The van der Waals surface area contributed by atoms with Crippen LogP contribution in [0.15, 0.2) is 61.1 Å². The zero-order valence-corrected chi connectivity index (χ0v) is 14.3. The second kappa shape index (κ2) is 6.55. The molecule has 3 aromatic heterocycles. The number of alkyl halides is 3. The summed E-state index contributed by atoms with van der Waals surface area (Å²) < 4.78 is 41.2. The van der Waals surface area contributed by atoms with Crippen molar-refractivity contribution in [1.29, 1.82) is 0 Å². The van der Waals surface area contributed by atoms with E-state index in [2.05, 4.69) is 20.4 Å². The lowest BCUT2D eigenvalue weighted by atomic mass is 10.1. The molecular formula is C18H11ClF3N5. The minimum absolute atomic E-state index is 0.185. The summed E-state index contributed by atoms with van der Waals surface area (Å²) in [7, 11) is 0. The third-order valence-electron chi connectivity index (χ3n) is 3.86. The van der Waals surface area contributed by atoms with Crippen LogP contribution < -0.4 is 5.32 Å². The second-order valence-corrected chi connectivity index (χ2v) is 6.12. The van der Waals surface area contributed by atoms with Gasteiger partial charge in [-0.2, -0.15) is 22.8 Å². The molecule has 0 aliphatic carbocycles. The molecular weight excluding hydrogens is 379 g/mol. The number of anilines is 2. The highest BCUT2D eigenvalue weighted by Crippen LogP contribution is 2.35. The van der Waals surface area contributed by atoms with Crippen molar-refractivity contribution in [3.63, 3.8) is 0 Å². The van der Waals surface area contributed by atoms with Gasteiger partial charge < -0.3 is 5.32 Å². The fraction of sp³-hybridized carbons (Fsp3) is 0.0556. The summed E-state index contributed by atoms with van der Waals surface area (Å²) in [5, 5.41) is 7.95. The third-order valence-corrected chi connectivity index (χ3v) is 4.12. The Bertz CT molecular complexity index is 1110. The van der Waals surface area contributed by atoms with E-state index in [1.165, 1.54) is 29.0 Å². The van der Waals surface area contributed by atoms with E-state index in [4.69, 9.17) is 11.6 Å². The van der Waals surface area contributed by atoms with E-state index in [0.717, 1.165) is 11.8 Å². The van der Waals surface area contributed by atoms with Crippen molar-refractivity contribution >= 4 is 28.8 Å². The minimum atomic E-state index is -4.51. The number of pyridine rings is 1. The maximum atomic E-state index is 13.2. The van der Waals surface area contributed by atoms with Gasteiger partial charge >= 0.3 is 6.18 Å². The Morgan fingerprint density at radius 3 is 2.52 bits per heavy atom. The van der Waals surface area contributed by atoms with Crippen LogP contribution in [0.25, 0.3) is 16.9 Å². The molecule has 0 saturated heterocycles. The predicted molar refractivity (Wildman–Crippen MR) is 96.0 cm³/mol. The Labute approximate surface area is 156 Å². The molecule has 0 aliphatic heterocycles. The first kappa shape index (κ1) is 17.3. The van der Waals surface area contributed by atoms with Gasteiger partial charge in [0.2, 0.25) is 0 Å². The molecule has 1 N–H and O–H groups in total. The molecule has 0 amide bonds. The molecule has 9 heteroatoms. The number of hydrogen-bond donors (Lipinski definition) is 1. The molecule has 0 unspecified atom stereocenters. The van der Waals surface area contributed by atoms with E-state index in [-0.39, 0.29) is 11.3 Å². The third kappa shape index (κ3) is 3.43. The van der Waals surface area contributed by atoms with Crippen LogP contribution in [0.4, 0.5) is 24.7 Å². The summed E-state index contributed by atoms with van der Waals surface area (Å²) >= 11 is 5.87. The molecule has 4 aromatic rings. The number of hydrogen-bond acceptors (Lipinski definition) is 4. The SMILES string of the molecule is FC(F)(F)c1cccnc1-c1cnn2c(Nc3ccc(Cl)cc3)cnc2c1. The lowest BCUT2D eigenvalue weighted by Crippen LogP contribution is -2.08. The molecule has 136 valence electrons. The van der Waals surface area contributed by atoms with E-state index >= 15 is 0 Å². The average Bonchev–Trinajstić information content (AvgIpc) is 3.05. The topological polar surface area (TPSA) is 55.1 Å². The highest BCUT2D eigenvalue weighted by molar-refractivity contribution is 6.30. The number of halogens is 4. The number of nitrogens with one attached hydrogen (secondary N) is 1. The Balaban J connectivity index is 1.72. The van der Waals surface area contributed by atoms with E-state index in [0.29, 0.717) is 16.5 Å². The van der Waals surface area contributed by atoms with Crippen molar-refractivity contribution in [2.75, 3.05) is 5.32 Å². The molecule has 0 bridgehead atoms. The fourth-order valence-electron chi connectivity index (χ4n) is 2.64. The van der Waals surface area contributed by atoms with Crippen LogP contribution in [0.3, 0.4) is 0 Å². The fourth-order valence-corrected chi connectivity index (χ4v) is 2.76. The number of imidazole rings is 1. The quantitative estimate of drug-likeness (QED) is 0.522. The van der Waals surface area contributed by atoms with Crippen LogP contribution in [0.5, 0.6) is 0 Å². The average molecular weight is 390 g/mol. The Kier molecular flexibility index (Phi) is 4.19. The van der Waals surface area contributed by atoms with E-state index in [9.17, 15) is 13.2 Å². The maximum Gasteiger partial charge on any atom is 0.418 e. The first-order valence-electron chi connectivity index (χ1n) is 7.81. The van der Waals surface area contributed by atoms with E-state index < -0.39 is 11.7 Å². The van der Waals surface area contributed by atoms with Gasteiger partial charge in [0.15, 0.2) is 11.5 Å². The van der Waals surface area contributed by atoms with Crippen molar-refractivity contribution in [2.45, 2.75) is 6.18 Å². The van der Waals surface area contributed by atoms with Crippen LogP contribution in [0.1, 0.15) is 5.56 Å². The monoisotopic (exact) mass is 389 g/mol. The predicted octanol–water partition coefficient (Wildman–Crippen LogP) is 5.21. The van der Waals surface area contributed by atoms with Crippen molar-refractivity contribution in [2.24, 2.45) is 0 Å². The summed E-state index contributed by atoms with van der Waals surface area (Å²) in [5.74, 6) is 0.566. The zero-order valence-electron chi connectivity index (χ0n) is 13.6. The second-order valence-electron chi connectivity index (χ2n) is 5.69. The molecule has 0 fully saturated rings. The normalized spacial score (nSPS) is 11.7. The molecule has 3 heterocycles. The van der Waals surface area contributed by atoms with Crippen LogP contribution in [0.2, 0.25) is 5.02 Å². The molecule has 0 spiro atoms. The summed E-state index contributed by atoms with van der Waals surface area (Å²) in [5.41, 5.74) is 0.399. The van der Waals surface area contributed by atoms with Gasteiger partial charge in [0.25, 0.3) is 0 Å². The Morgan fingerprint density at radius 2 is 1.78 bits per heavy atom. The Hall–Kier alpha value is -3.13. The highest BCUT2D eigenvalue weighted by Gasteiger charge is 2.34.